The molecule has 1 aliphatic heterocycles. The molecule has 1 amide bonds. The largest absolute Gasteiger partial charge is 0.452 e. The van der Waals surface area contributed by atoms with Crippen LogP contribution in [0.3, 0.4) is 0 Å². The minimum absolute atomic E-state index is 0.0488. The Kier molecular flexibility index (Phi) is 5.24. The Morgan fingerprint density at radius 2 is 2.26 bits per heavy atom. The predicted molar refractivity (Wildman–Crippen MR) is 72.6 cm³/mol. The molecule has 0 aromatic carbocycles. The van der Waals surface area contributed by atoms with Gasteiger partial charge in [0.25, 0.3) is 5.91 Å². The predicted octanol–water partition coefficient (Wildman–Crippen LogP) is 1.73. The molecule has 106 valence electrons. The standard InChI is InChI=1S/C13H19ClN2O3/c1-18-10-8-15-4-2-5-16(7-6-15)13(17)11-3-9-19-12(11)14/h3,9H,2,4-8,10H2,1H3. The maximum atomic E-state index is 12.3. The van der Waals surface area contributed by atoms with E-state index < -0.39 is 0 Å². The van der Waals surface area contributed by atoms with Gasteiger partial charge in [-0.1, -0.05) is 0 Å². The Hall–Kier alpha value is -1.04. The lowest BCUT2D eigenvalue weighted by Gasteiger charge is -2.21. The van der Waals surface area contributed by atoms with Crippen molar-refractivity contribution in [3.63, 3.8) is 0 Å². The Morgan fingerprint density at radius 1 is 1.42 bits per heavy atom. The Balaban J connectivity index is 1.92. The fourth-order valence-electron chi connectivity index (χ4n) is 2.23. The minimum atomic E-state index is -0.0488. The van der Waals surface area contributed by atoms with E-state index in [0.29, 0.717) is 12.1 Å². The van der Waals surface area contributed by atoms with Crippen LogP contribution < -0.4 is 0 Å². The number of hydrogen-bond donors (Lipinski definition) is 0. The SMILES string of the molecule is COCCN1CCCN(C(=O)c2ccoc2Cl)CC1. The normalized spacial score (nSPS) is 17.5. The molecule has 1 fully saturated rings. The third-order valence-electron chi connectivity index (χ3n) is 3.34. The second kappa shape index (κ2) is 6.93. The third-order valence-corrected chi connectivity index (χ3v) is 3.63. The maximum Gasteiger partial charge on any atom is 0.258 e. The van der Waals surface area contributed by atoms with E-state index in [2.05, 4.69) is 4.90 Å². The number of halogens is 1. The molecule has 5 nitrogen and oxygen atoms in total. The van der Waals surface area contributed by atoms with Crippen LogP contribution in [0.25, 0.3) is 0 Å². The van der Waals surface area contributed by atoms with Gasteiger partial charge in [0, 0.05) is 33.3 Å². The number of carbonyl (C=O) groups is 1. The molecule has 0 N–H and O–H groups in total. The topological polar surface area (TPSA) is 45.9 Å². The molecule has 0 atom stereocenters. The van der Waals surface area contributed by atoms with E-state index in [1.54, 1.807) is 13.2 Å². The molecule has 1 aromatic heterocycles. The van der Waals surface area contributed by atoms with Crippen LogP contribution in [-0.4, -0.2) is 62.1 Å². The van der Waals surface area contributed by atoms with E-state index in [4.69, 9.17) is 20.8 Å². The number of ether oxygens (including phenoxy) is 1. The van der Waals surface area contributed by atoms with Crippen molar-refractivity contribution >= 4 is 17.5 Å². The van der Waals surface area contributed by atoms with Gasteiger partial charge in [-0.25, -0.2) is 0 Å². The van der Waals surface area contributed by atoms with Crippen molar-refractivity contribution in [2.45, 2.75) is 6.42 Å². The van der Waals surface area contributed by atoms with Crippen molar-refractivity contribution in [3.8, 4) is 0 Å². The van der Waals surface area contributed by atoms with Crippen molar-refractivity contribution in [1.82, 2.24) is 9.80 Å². The zero-order chi connectivity index (χ0) is 13.7. The van der Waals surface area contributed by atoms with Gasteiger partial charge in [-0.05, 0) is 30.6 Å². The van der Waals surface area contributed by atoms with Crippen molar-refractivity contribution in [3.05, 3.63) is 23.1 Å². The molecule has 0 spiro atoms. The van der Waals surface area contributed by atoms with E-state index in [9.17, 15) is 4.79 Å². The first kappa shape index (κ1) is 14.4. The van der Waals surface area contributed by atoms with Crippen LogP contribution in [0.5, 0.6) is 0 Å². The highest BCUT2D eigenvalue weighted by atomic mass is 35.5. The summed E-state index contributed by atoms with van der Waals surface area (Å²) in [6, 6.07) is 1.62. The van der Waals surface area contributed by atoms with Gasteiger partial charge in [-0.15, -0.1) is 0 Å². The van der Waals surface area contributed by atoms with Crippen LogP contribution in [0.15, 0.2) is 16.7 Å². The van der Waals surface area contributed by atoms with E-state index in [-0.39, 0.29) is 11.1 Å². The monoisotopic (exact) mass is 286 g/mol. The van der Waals surface area contributed by atoms with Gasteiger partial charge in [0.05, 0.1) is 18.4 Å². The summed E-state index contributed by atoms with van der Waals surface area (Å²) >= 11 is 5.85. The molecule has 0 radical (unpaired) electrons. The maximum absolute atomic E-state index is 12.3. The van der Waals surface area contributed by atoms with Crippen LogP contribution in [-0.2, 0) is 4.74 Å². The van der Waals surface area contributed by atoms with Gasteiger partial charge < -0.3 is 14.1 Å². The first-order valence-electron chi connectivity index (χ1n) is 6.46. The molecule has 1 aliphatic rings. The summed E-state index contributed by atoms with van der Waals surface area (Å²) in [5.74, 6) is -0.0488. The molecule has 0 saturated carbocycles. The number of hydrogen-bond acceptors (Lipinski definition) is 4. The molecule has 0 unspecified atom stereocenters. The third kappa shape index (κ3) is 3.72. The van der Waals surface area contributed by atoms with Gasteiger partial charge >= 0.3 is 0 Å². The number of methoxy groups -OCH3 is 1. The first-order valence-corrected chi connectivity index (χ1v) is 6.83. The molecule has 2 rings (SSSR count). The highest BCUT2D eigenvalue weighted by Crippen LogP contribution is 2.19. The summed E-state index contributed by atoms with van der Waals surface area (Å²) in [7, 11) is 1.70. The Labute approximate surface area is 118 Å². The van der Waals surface area contributed by atoms with Gasteiger partial charge in [-0.2, -0.15) is 0 Å². The zero-order valence-corrected chi connectivity index (χ0v) is 11.9. The molecule has 1 aromatic rings. The molecule has 0 bridgehead atoms. The Morgan fingerprint density at radius 3 is 2.95 bits per heavy atom. The molecule has 0 aliphatic carbocycles. The molecule has 1 saturated heterocycles. The quantitative estimate of drug-likeness (QED) is 0.846. The summed E-state index contributed by atoms with van der Waals surface area (Å²) in [6.07, 6.45) is 2.41. The van der Waals surface area contributed by atoms with Gasteiger partial charge in [0.2, 0.25) is 5.22 Å². The summed E-state index contributed by atoms with van der Waals surface area (Å²) in [4.78, 5) is 16.4. The second-order valence-corrected chi connectivity index (χ2v) is 4.93. The average Bonchev–Trinajstić information content (AvgIpc) is 2.71. The lowest BCUT2D eigenvalue weighted by Crippen LogP contribution is -2.36. The van der Waals surface area contributed by atoms with Crippen molar-refractivity contribution in [1.29, 1.82) is 0 Å². The van der Waals surface area contributed by atoms with Crippen molar-refractivity contribution in [2.75, 3.05) is 46.4 Å². The van der Waals surface area contributed by atoms with Gasteiger partial charge in [0.15, 0.2) is 0 Å². The minimum Gasteiger partial charge on any atom is -0.452 e. The molecule has 2 heterocycles. The molecule has 6 heteroatoms. The summed E-state index contributed by atoms with van der Waals surface area (Å²) in [5.41, 5.74) is 0.451. The highest BCUT2D eigenvalue weighted by Gasteiger charge is 2.22. The number of furan rings is 1. The van der Waals surface area contributed by atoms with Crippen molar-refractivity contribution < 1.29 is 13.9 Å². The summed E-state index contributed by atoms with van der Waals surface area (Å²) in [5, 5.41) is 0.172. The second-order valence-electron chi connectivity index (χ2n) is 4.59. The van der Waals surface area contributed by atoms with Crippen molar-refractivity contribution in [2.24, 2.45) is 0 Å². The van der Waals surface area contributed by atoms with Gasteiger partial charge in [-0.3, -0.25) is 9.69 Å². The zero-order valence-electron chi connectivity index (χ0n) is 11.1. The Bertz CT molecular complexity index is 422. The van der Waals surface area contributed by atoms with E-state index in [0.717, 1.165) is 39.2 Å². The fourth-order valence-corrected chi connectivity index (χ4v) is 2.43. The van der Waals surface area contributed by atoms with Crippen LogP contribution in [0.1, 0.15) is 16.8 Å². The number of amides is 1. The lowest BCUT2D eigenvalue weighted by molar-refractivity contribution is 0.0758. The van der Waals surface area contributed by atoms with E-state index in [1.165, 1.54) is 6.26 Å². The number of nitrogens with zero attached hydrogens (tertiary/aromatic N) is 2. The lowest BCUT2D eigenvalue weighted by atomic mass is 10.3. The van der Waals surface area contributed by atoms with E-state index >= 15 is 0 Å². The van der Waals surface area contributed by atoms with Crippen LogP contribution in [0.4, 0.5) is 0 Å². The summed E-state index contributed by atoms with van der Waals surface area (Å²) in [6.45, 7) is 4.96. The molecular formula is C13H19ClN2O3. The van der Waals surface area contributed by atoms with Crippen LogP contribution in [0, 0.1) is 0 Å². The van der Waals surface area contributed by atoms with E-state index in [1.807, 2.05) is 4.90 Å². The molecular weight excluding hydrogens is 268 g/mol. The number of rotatable bonds is 4. The molecule has 19 heavy (non-hydrogen) atoms. The fraction of sp³-hybridized carbons (Fsp3) is 0.615. The van der Waals surface area contributed by atoms with Crippen LogP contribution >= 0.6 is 11.6 Å². The van der Waals surface area contributed by atoms with Crippen LogP contribution in [0.2, 0.25) is 5.22 Å². The smallest absolute Gasteiger partial charge is 0.258 e. The highest BCUT2D eigenvalue weighted by molar-refractivity contribution is 6.32. The van der Waals surface area contributed by atoms with Gasteiger partial charge in [0.1, 0.15) is 0 Å². The first-order chi connectivity index (χ1) is 9.22. The average molecular weight is 287 g/mol. The summed E-state index contributed by atoms with van der Waals surface area (Å²) < 4.78 is 10.1. The number of carbonyl (C=O) groups excluding carboxylic acids is 1.